The molecule has 1 atom stereocenters. The molecule has 0 aromatic heterocycles. The van der Waals surface area contributed by atoms with E-state index >= 15 is 0 Å². The van der Waals surface area contributed by atoms with E-state index in [0.717, 1.165) is 0 Å². The maximum absolute atomic E-state index is 12.5. The molecule has 146 valence electrons. The number of thioether (sulfide) groups is 1. The fraction of sp³-hybridized carbons (Fsp3) is 0.250. The van der Waals surface area contributed by atoms with Gasteiger partial charge in [0.05, 0.1) is 25.6 Å². The van der Waals surface area contributed by atoms with Crippen molar-refractivity contribution < 1.29 is 19.1 Å². The molecule has 28 heavy (non-hydrogen) atoms. The minimum Gasteiger partial charge on any atom is -0.497 e. The lowest BCUT2D eigenvalue weighted by atomic mass is 10.2. The lowest BCUT2D eigenvalue weighted by Crippen LogP contribution is -2.30. The first-order valence-electron chi connectivity index (χ1n) is 8.61. The number of rotatable bonds is 6. The molecule has 3 rings (SSSR count). The molecular formula is C20H21N3O4S. The van der Waals surface area contributed by atoms with Gasteiger partial charge in [0.15, 0.2) is 5.17 Å². The van der Waals surface area contributed by atoms with Crippen LogP contribution in [0.1, 0.15) is 6.42 Å². The van der Waals surface area contributed by atoms with Crippen LogP contribution in [0.3, 0.4) is 0 Å². The number of anilines is 1. The van der Waals surface area contributed by atoms with Crippen LogP contribution in [0.4, 0.5) is 11.4 Å². The van der Waals surface area contributed by atoms with Gasteiger partial charge in [0.2, 0.25) is 11.8 Å². The molecule has 1 fully saturated rings. The van der Waals surface area contributed by atoms with Gasteiger partial charge in [-0.25, -0.2) is 4.99 Å². The highest BCUT2D eigenvalue weighted by atomic mass is 32.2. The van der Waals surface area contributed by atoms with E-state index in [4.69, 9.17) is 9.47 Å². The van der Waals surface area contributed by atoms with Gasteiger partial charge in [-0.05, 0) is 24.3 Å². The molecule has 0 bridgehead atoms. The Balaban J connectivity index is 1.69. The van der Waals surface area contributed by atoms with Gasteiger partial charge >= 0.3 is 0 Å². The lowest BCUT2D eigenvalue weighted by Gasteiger charge is -2.11. The summed E-state index contributed by atoms with van der Waals surface area (Å²) in [6.07, 6.45) is 0.0447. The van der Waals surface area contributed by atoms with Crippen molar-refractivity contribution in [3.63, 3.8) is 0 Å². The van der Waals surface area contributed by atoms with Crippen LogP contribution in [0.15, 0.2) is 53.5 Å². The number of hydrogen-bond acceptors (Lipinski definition) is 6. The smallest absolute Gasteiger partial charge is 0.242 e. The van der Waals surface area contributed by atoms with Crippen LogP contribution in [0.2, 0.25) is 0 Å². The Kier molecular flexibility index (Phi) is 6.20. The number of amides is 2. The van der Waals surface area contributed by atoms with Gasteiger partial charge in [0.1, 0.15) is 16.7 Å². The molecule has 0 saturated carbocycles. The van der Waals surface area contributed by atoms with E-state index in [1.807, 2.05) is 24.3 Å². The van der Waals surface area contributed by atoms with Gasteiger partial charge in [-0.15, -0.1) is 0 Å². The highest BCUT2D eigenvalue weighted by Gasteiger charge is 2.37. The number of amidine groups is 1. The summed E-state index contributed by atoms with van der Waals surface area (Å²) in [5, 5.41) is 2.82. The molecule has 8 heteroatoms. The Morgan fingerprint density at radius 1 is 1.18 bits per heavy atom. The Bertz CT molecular complexity index is 916. The van der Waals surface area contributed by atoms with Crippen LogP contribution >= 0.6 is 11.8 Å². The second-order valence-electron chi connectivity index (χ2n) is 6.05. The van der Waals surface area contributed by atoms with Gasteiger partial charge in [0, 0.05) is 19.5 Å². The molecule has 1 unspecified atom stereocenters. The first-order valence-corrected chi connectivity index (χ1v) is 9.49. The SMILES string of the molecule is COc1cccc(N=C2SC(CC(=O)Nc3ccccc3OC)C(=O)N2C)c1. The van der Waals surface area contributed by atoms with Crippen molar-refractivity contribution in [1.29, 1.82) is 0 Å². The van der Waals surface area contributed by atoms with E-state index in [1.165, 1.54) is 23.8 Å². The number of carbonyl (C=O) groups excluding carboxylic acids is 2. The zero-order valence-corrected chi connectivity index (χ0v) is 16.7. The number of aliphatic imine (C=N–C) groups is 1. The maximum atomic E-state index is 12.5. The second-order valence-corrected chi connectivity index (χ2v) is 7.22. The fourth-order valence-electron chi connectivity index (χ4n) is 2.71. The summed E-state index contributed by atoms with van der Waals surface area (Å²) in [5.41, 5.74) is 1.25. The first kappa shape index (κ1) is 19.8. The third kappa shape index (κ3) is 4.45. The predicted octanol–water partition coefficient (Wildman–Crippen LogP) is 3.29. The van der Waals surface area contributed by atoms with Crippen LogP contribution in [0.5, 0.6) is 11.5 Å². The van der Waals surface area contributed by atoms with Gasteiger partial charge in [-0.3, -0.25) is 14.5 Å². The molecule has 1 aliphatic heterocycles. The number of nitrogens with one attached hydrogen (secondary N) is 1. The molecule has 1 saturated heterocycles. The summed E-state index contributed by atoms with van der Waals surface area (Å²) in [5.74, 6) is 0.846. The molecule has 1 heterocycles. The van der Waals surface area contributed by atoms with Crippen molar-refractivity contribution in [1.82, 2.24) is 4.90 Å². The largest absolute Gasteiger partial charge is 0.497 e. The standard InChI is InChI=1S/C20H21N3O4S/c1-23-19(25)17(12-18(24)22-15-9-4-5-10-16(15)27-3)28-20(23)21-13-7-6-8-14(11-13)26-2/h4-11,17H,12H2,1-3H3,(H,22,24). The highest BCUT2D eigenvalue weighted by molar-refractivity contribution is 8.15. The Hall–Kier alpha value is -3.00. The van der Waals surface area contributed by atoms with Crippen molar-refractivity contribution in [2.45, 2.75) is 11.7 Å². The van der Waals surface area contributed by atoms with E-state index in [1.54, 1.807) is 38.4 Å². The normalized spacial score (nSPS) is 17.7. The monoisotopic (exact) mass is 399 g/mol. The molecule has 2 aromatic rings. The third-order valence-electron chi connectivity index (χ3n) is 4.17. The number of benzene rings is 2. The van der Waals surface area contributed by atoms with Crippen molar-refractivity contribution in [3.05, 3.63) is 48.5 Å². The van der Waals surface area contributed by atoms with Crippen LogP contribution in [0, 0.1) is 0 Å². The summed E-state index contributed by atoms with van der Waals surface area (Å²) in [7, 11) is 4.78. The van der Waals surface area contributed by atoms with Gasteiger partial charge in [-0.1, -0.05) is 30.0 Å². The molecule has 0 radical (unpaired) electrons. The van der Waals surface area contributed by atoms with E-state index in [-0.39, 0.29) is 18.2 Å². The minimum absolute atomic E-state index is 0.0447. The number of ether oxygens (including phenoxy) is 2. The fourth-order valence-corrected chi connectivity index (χ4v) is 3.86. The van der Waals surface area contributed by atoms with Gasteiger partial charge < -0.3 is 14.8 Å². The average molecular weight is 399 g/mol. The average Bonchev–Trinajstić information content (AvgIpc) is 2.96. The first-order chi connectivity index (χ1) is 13.5. The Morgan fingerprint density at radius 2 is 1.96 bits per heavy atom. The maximum Gasteiger partial charge on any atom is 0.242 e. The van der Waals surface area contributed by atoms with Crippen molar-refractivity contribution in [2.24, 2.45) is 4.99 Å². The minimum atomic E-state index is -0.524. The number of para-hydroxylation sites is 2. The third-order valence-corrected chi connectivity index (χ3v) is 5.40. The van der Waals surface area contributed by atoms with E-state index in [2.05, 4.69) is 10.3 Å². The number of hydrogen-bond donors (Lipinski definition) is 1. The molecule has 7 nitrogen and oxygen atoms in total. The Morgan fingerprint density at radius 3 is 2.71 bits per heavy atom. The number of nitrogens with zero attached hydrogens (tertiary/aromatic N) is 2. The molecule has 2 amide bonds. The molecule has 0 spiro atoms. The van der Waals surface area contributed by atoms with E-state index in [9.17, 15) is 9.59 Å². The van der Waals surface area contributed by atoms with E-state index in [0.29, 0.717) is 28.0 Å². The topological polar surface area (TPSA) is 80.2 Å². The van der Waals surface area contributed by atoms with Crippen LogP contribution in [-0.2, 0) is 9.59 Å². The predicted molar refractivity (Wildman–Crippen MR) is 110 cm³/mol. The Labute approximate surface area is 167 Å². The second kappa shape index (κ2) is 8.79. The molecule has 1 aliphatic rings. The summed E-state index contributed by atoms with van der Waals surface area (Å²) >= 11 is 1.28. The highest BCUT2D eigenvalue weighted by Crippen LogP contribution is 2.32. The van der Waals surface area contributed by atoms with Crippen LogP contribution in [-0.4, -0.2) is 48.4 Å². The zero-order chi connectivity index (χ0) is 20.1. The summed E-state index contributed by atoms with van der Waals surface area (Å²) in [6.45, 7) is 0. The molecule has 0 aliphatic carbocycles. The molecular weight excluding hydrogens is 378 g/mol. The van der Waals surface area contributed by atoms with Crippen molar-refractivity contribution in [3.8, 4) is 11.5 Å². The van der Waals surface area contributed by atoms with Gasteiger partial charge in [0.25, 0.3) is 0 Å². The van der Waals surface area contributed by atoms with E-state index < -0.39 is 5.25 Å². The quantitative estimate of drug-likeness (QED) is 0.806. The van der Waals surface area contributed by atoms with Crippen LogP contribution < -0.4 is 14.8 Å². The summed E-state index contributed by atoms with van der Waals surface area (Å²) in [4.78, 5) is 31.0. The molecule has 1 N–H and O–H groups in total. The molecule has 2 aromatic carbocycles. The lowest BCUT2D eigenvalue weighted by molar-refractivity contribution is -0.127. The number of methoxy groups -OCH3 is 2. The summed E-state index contributed by atoms with van der Waals surface area (Å²) < 4.78 is 10.4. The zero-order valence-electron chi connectivity index (χ0n) is 15.8. The summed E-state index contributed by atoms with van der Waals surface area (Å²) in [6, 6.07) is 14.4. The van der Waals surface area contributed by atoms with Crippen LogP contribution in [0.25, 0.3) is 0 Å². The van der Waals surface area contributed by atoms with Crippen molar-refractivity contribution in [2.75, 3.05) is 26.6 Å². The number of carbonyl (C=O) groups is 2. The van der Waals surface area contributed by atoms with Crippen molar-refractivity contribution >= 4 is 40.1 Å². The van der Waals surface area contributed by atoms with Gasteiger partial charge in [-0.2, -0.15) is 0 Å².